The number of nitrogens with zero attached hydrogens (tertiary/aromatic N) is 1. The molecule has 0 saturated carbocycles. The van der Waals surface area contributed by atoms with Crippen LogP contribution < -0.4 is 0 Å². The van der Waals surface area contributed by atoms with Gasteiger partial charge in [-0.05, 0) is 19.1 Å². The monoisotopic (exact) mass is 303 g/mol. The summed E-state index contributed by atoms with van der Waals surface area (Å²) in [5, 5.41) is 3.56. The molecule has 0 N–H and O–H groups in total. The molecule has 0 spiro atoms. The van der Waals surface area contributed by atoms with E-state index in [1.807, 2.05) is 0 Å². The number of rotatable bonds is 2. The van der Waals surface area contributed by atoms with Gasteiger partial charge in [0.15, 0.2) is 0 Å². The first kappa shape index (κ1) is 15.0. The van der Waals surface area contributed by atoms with Gasteiger partial charge in [-0.15, -0.1) is 0 Å². The molecule has 112 valence electrons. The SMILES string of the molecule is COC(=O)c1c(-c2ccc(C(F)(F)F)c(F)c2)noc1C. The third-order valence-electron chi connectivity index (χ3n) is 2.80. The van der Waals surface area contributed by atoms with E-state index >= 15 is 0 Å². The van der Waals surface area contributed by atoms with Crippen molar-refractivity contribution < 1.29 is 31.6 Å². The van der Waals surface area contributed by atoms with Crippen LogP contribution in [0.25, 0.3) is 11.3 Å². The molecular weight excluding hydrogens is 294 g/mol. The number of benzene rings is 1. The fourth-order valence-electron chi connectivity index (χ4n) is 1.80. The zero-order chi connectivity index (χ0) is 15.8. The van der Waals surface area contributed by atoms with Crippen molar-refractivity contribution >= 4 is 5.97 Å². The second-order valence-electron chi connectivity index (χ2n) is 4.15. The average molecular weight is 303 g/mol. The van der Waals surface area contributed by atoms with Gasteiger partial charge in [0.25, 0.3) is 0 Å². The summed E-state index contributed by atoms with van der Waals surface area (Å²) in [7, 11) is 1.13. The Morgan fingerprint density at radius 1 is 1.33 bits per heavy atom. The normalized spacial score (nSPS) is 11.5. The Morgan fingerprint density at radius 2 is 2.00 bits per heavy atom. The Morgan fingerprint density at radius 3 is 2.52 bits per heavy atom. The van der Waals surface area contributed by atoms with Crippen LogP contribution in [0, 0.1) is 12.7 Å². The largest absolute Gasteiger partial charge is 0.465 e. The van der Waals surface area contributed by atoms with Crippen molar-refractivity contribution in [2.45, 2.75) is 13.1 Å². The Hall–Kier alpha value is -2.38. The van der Waals surface area contributed by atoms with Crippen molar-refractivity contribution in [2.24, 2.45) is 0 Å². The van der Waals surface area contributed by atoms with Gasteiger partial charge in [-0.25, -0.2) is 9.18 Å². The smallest absolute Gasteiger partial charge is 0.419 e. The molecule has 1 aromatic heterocycles. The number of carbonyl (C=O) groups is 1. The number of aromatic nitrogens is 1. The van der Waals surface area contributed by atoms with Crippen LogP contribution in [0.2, 0.25) is 0 Å². The first-order valence-corrected chi connectivity index (χ1v) is 5.67. The topological polar surface area (TPSA) is 52.3 Å². The summed E-state index contributed by atoms with van der Waals surface area (Å²) in [4.78, 5) is 11.6. The van der Waals surface area contributed by atoms with Crippen molar-refractivity contribution in [3.63, 3.8) is 0 Å². The van der Waals surface area contributed by atoms with E-state index in [2.05, 4.69) is 9.89 Å². The predicted molar refractivity (Wildman–Crippen MR) is 63.0 cm³/mol. The molecule has 0 fully saturated rings. The van der Waals surface area contributed by atoms with Gasteiger partial charge in [0, 0.05) is 5.56 Å². The molecule has 2 aromatic rings. The molecule has 1 aromatic carbocycles. The Balaban J connectivity index is 2.54. The maximum atomic E-state index is 13.6. The Labute approximate surface area is 116 Å². The molecule has 0 unspecified atom stereocenters. The molecule has 0 saturated heterocycles. The quantitative estimate of drug-likeness (QED) is 0.628. The van der Waals surface area contributed by atoms with E-state index in [-0.39, 0.29) is 22.6 Å². The first-order chi connectivity index (χ1) is 9.75. The van der Waals surface area contributed by atoms with Crippen LogP contribution in [-0.4, -0.2) is 18.2 Å². The van der Waals surface area contributed by atoms with Gasteiger partial charge in [0.2, 0.25) is 0 Å². The molecule has 2 rings (SSSR count). The molecule has 4 nitrogen and oxygen atoms in total. The molecular formula is C13H9F4NO3. The maximum Gasteiger partial charge on any atom is 0.419 e. The number of esters is 1. The lowest BCUT2D eigenvalue weighted by Crippen LogP contribution is -2.08. The summed E-state index contributed by atoms with van der Waals surface area (Å²) >= 11 is 0. The highest BCUT2D eigenvalue weighted by Crippen LogP contribution is 2.34. The van der Waals surface area contributed by atoms with Crippen molar-refractivity contribution in [3.8, 4) is 11.3 Å². The van der Waals surface area contributed by atoms with E-state index in [1.54, 1.807) is 0 Å². The van der Waals surface area contributed by atoms with E-state index in [0.29, 0.717) is 12.1 Å². The van der Waals surface area contributed by atoms with Crippen LogP contribution in [0.4, 0.5) is 17.6 Å². The van der Waals surface area contributed by atoms with Gasteiger partial charge in [0.1, 0.15) is 22.8 Å². The maximum absolute atomic E-state index is 13.6. The first-order valence-electron chi connectivity index (χ1n) is 5.67. The summed E-state index contributed by atoms with van der Waals surface area (Å²) in [6.45, 7) is 1.43. The number of hydrogen-bond donors (Lipinski definition) is 0. The van der Waals surface area contributed by atoms with E-state index < -0.39 is 23.5 Å². The highest BCUT2D eigenvalue weighted by molar-refractivity contribution is 5.96. The molecule has 0 aliphatic carbocycles. The molecule has 0 amide bonds. The number of alkyl halides is 3. The summed E-state index contributed by atoms with van der Waals surface area (Å²) < 4.78 is 60.4. The van der Waals surface area contributed by atoms with Crippen LogP contribution in [0.15, 0.2) is 22.7 Å². The number of carbonyl (C=O) groups excluding carboxylic acids is 1. The standard InChI is InChI=1S/C13H9F4NO3/c1-6-10(12(19)20-2)11(18-21-6)7-3-4-8(9(14)5-7)13(15,16)17/h3-5H,1-2H3. The Bertz CT molecular complexity index is 691. The van der Waals surface area contributed by atoms with Gasteiger partial charge in [-0.3, -0.25) is 0 Å². The number of halogens is 4. The Kier molecular flexibility index (Phi) is 3.71. The second kappa shape index (κ2) is 5.19. The lowest BCUT2D eigenvalue weighted by atomic mass is 10.0. The van der Waals surface area contributed by atoms with Crippen molar-refractivity contribution in [1.82, 2.24) is 5.16 Å². The molecule has 1 heterocycles. The van der Waals surface area contributed by atoms with Crippen LogP contribution in [0.5, 0.6) is 0 Å². The number of methoxy groups -OCH3 is 1. The third-order valence-corrected chi connectivity index (χ3v) is 2.80. The minimum Gasteiger partial charge on any atom is -0.465 e. The van der Waals surface area contributed by atoms with Gasteiger partial charge < -0.3 is 9.26 Å². The zero-order valence-corrected chi connectivity index (χ0v) is 10.9. The van der Waals surface area contributed by atoms with E-state index in [4.69, 9.17) is 4.52 Å². The third kappa shape index (κ3) is 2.74. The summed E-state index contributed by atoms with van der Waals surface area (Å²) in [6.07, 6.45) is -4.80. The van der Waals surface area contributed by atoms with E-state index in [9.17, 15) is 22.4 Å². The zero-order valence-electron chi connectivity index (χ0n) is 10.9. The summed E-state index contributed by atoms with van der Waals surface area (Å²) in [5.74, 6) is -2.11. The van der Waals surface area contributed by atoms with Crippen molar-refractivity contribution in [2.75, 3.05) is 7.11 Å². The molecule has 8 heteroatoms. The number of ether oxygens (including phenoxy) is 1. The fourth-order valence-corrected chi connectivity index (χ4v) is 1.80. The lowest BCUT2D eigenvalue weighted by molar-refractivity contribution is -0.139. The van der Waals surface area contributed by atoms with Gasteiger partial charge in [0.05, 0.1) is 12.7 Å². The fraction of sp³-hybridized carbons (Fsp3) is 0.231. The highest BCUT2D eigenvalue weighted by Gasteiger charge is 2.34. The molecule has 21 heavy (non-hydrogen) atoms. The minimum absolute atomic E-state index is 0.0160. The molecule has 0 atom stereocenters. The lowest BCUT2D eigenvalue weighted by Gasteiger charge is -2.08. The number of aryl methyl sites for hydroxylation is 1. The average Bonchev–Trinajstić information content (AvgIpc) is 2.78. The molecule has 0 aliphatic rings. The van der Waals surface area contributed by atoms with Gasteiger partial charge in [-0.2, -0.15) is 13.2 Å². The molecule has 0 radical (unpaired) electrons. The van der Waals surface area contributed by atoms with Crippen LogP contribution in [0.3, 0.4) is 0 Å². The van der Waals surface area contributed by atoms with Gasteiger partial charge in [-0.1, -0.05) is 11.2 Å². The predicted octanol–water partition coefficient (Wildman–Crippen LogP) is 3.59. The number of hydrogen-bond acceptors (Lipinski definition) is 4. The van der Waals surface area contributed by atoms with E-state index in [0.717, 1.165) is 13.2 Å². The second-order valence-corrected chi connectivity index (χ2v) is 4.15. The van der Waals surface area contributed by atoms with E-state index in [1.165, 1.54) is 6.92 Å². The van der Waals surface area contributed by atoms with Gasteiger partial charge >= 0.3 is 12.1 Å². The van der Waals surface area contributed by atoms with Crippen LogP contribution in [0.1, 0.15) is 21.7 Å². The minimum atomic E-state index is -4.80. The van der Waals surface area contributed by atoms with Crippen molar-refractivity contribution in [1.29, 1.82) is 0 Å². The highest BCUT2D eigenvalue weighted by atomic mass is 19.4. The summed E-state index contributed by atoms with van der Waals surface area (Å²) in [6, 6.07) is 2.23. The van der Waals surface area contributed by atoms with Crippen LogP contribution >= 0.6 is 0 Å². The van der Waals surface area contributed by atoms with Crippen LogP contribution in [-0.2, 0) is 10.9 Å². The summed E-state index contributed by atoms with van der Waals surface area (Å²) in [5.41, 5.74) is -1.55. The molecule has 0 bridgehead atoms. The molecule has 0 aliphatic heterocycles. The van der Waals surface area contributed by atoms with Crippen molar-refractivity contribution in [3.05, 3.63) is 40.9 Å².